The van der Waals surface area contributed by atoms with Gasteiger partial charge in [-0.15, -0.1) is 0 Å². The van der Waals surface area contributed by atoms with E-state index in [1.54, 1.807) is 12.1 Å². The zero-order valence-corrected chi connectivity index (χ0v) is 18.4. The molecule has 2 aromatic carbocycles. The summed E-state index contributed by atoms with van der Waals surface area (Å²) in [5, 5.41) is -0.314. The van der Waals surface area contributed by atoms with E-state index in [2.05, 4.69) is 22.6 Å². The molecule has 0 spiro atoms. The zero-order chi connectivity index (χ0) is 20.5. The molecule has 0 unspecified atom stereocenters. The fourth-order valence-electron chi connectivity index (χ4n) is 2.81. The number of halogens is 3. The van der Waals surface area contributed by atoms with Gasteiger partial charge in [-0.1, -0.05) is 29.8 Å². The van der Waals surface area contributed by atoms with Crippen LogP contribution in [-0.2, 0) is 11.3 Å². The zero-order valence-electron chi connectivity index (χ0n) is 14.7. The summed E-state index contributed by atoms with van der Waals surface area (Å²) in [5.41, 5.74) is 1.02. The molecular formula is C21H12ClFINO3S. The van der Waals surface area contributed by atoms with Crippen LogP contribution >= 0.6 is 46.0 Å². The topological polar surface area (TPSA) is 50.5 Å². The van der Waals surface area contributed by atoms with Crippen LogP contribution in [0.25, 0.3) is 17.4 Å². The van der Waals surface area contributed by atoms with Crippen molar-refractivity contribution in [3.8, 4) is 11.3 Å². The second-order valence-electron chi connectivity index (χ2n) is 6.18. The van der Waals surface area contributed by atoms with Gasteiger partial charge in [-0.2, -0.15) is 0 Å². The molecule has 1 aliphatic rings. The van der Waals surface area contributed by atoms with E-state index in [0.29, 0.717) is 11.5 Å². The first-order chi connectivity index (χ1) is 13.9. The minimum absolute atomic E-state index is 0.108. The van der Waals surface area contributed by atoms with Crippen molar-refractivity contribution in [1.82, 2.24) is 4.90 Å². The monoisotopic (exact) mass is 539 g/mol. The van der Waals surface area contributed by atoms with Crippen LogP contribution < -0.4 is 0 Å². The van der Waals surface area contributed by atoms with Gasteiger partial charge in [0.1, 0.15) is 17.3 Å². The molecule has 1 aliphatic heterocycles. The van der Waals surface area contributed by atoms with Crippen molar-refractivity contribution in [2.24, 2.45) is 0 Å². The molecule has 4 nitrogen and oxygen atoms in total. The highest BCUT2D eigenvalue weighted by Crippen LogP contribution is 2.35. The first kappa shape index (κ1) is 20.2. The van der Waals surface area contributed by atoms with E-state index < -0.39 is 17.0 Å². The summed E-state index contributed by atoms with van der Waals surface area (Å²) < 4.78 is 20.9. The van der Waals surface area contributed by atoms with Crippen LogP contribution in [0.2, 0.25) is 5.02 Å². The largest absolute Gasteiger partial charge is 0.457 e. The quantitative estimate of drug-likeness (QED) is 0.278. The summed E-state index contributed by atoms with van der Waals surface area (Å²) >= 11 is 9.02. The van der Waals surface area contributed by atoms with Crippen molar-refractivity contribution in [2.75, 3.05) is 0 Å². The number of benzene rings is 2. The van der Waals surface area contributed by atoms with E-state index in [4.69, 9.17) is 16.0 Å². The van der Waals surface area contributed by atoms with Crippen molar-refractivity contribution >= 4 is 63.2 Å². The number of imide groups is 1. The van der Waals surface area contributed by atoms with Crippen LogP contribution in [0.1, 0.15) is 11.3 Å². The third-order valence-corrected chi connectivity index (χ3v) is 6.26. The summed E-state index contributed by atoms with van der Waals surface area (Å²) in [4.78, 5) is 26.2. The normalized spacial score (nSPS) is 15.6. The van der Waals surface area contributed by atoms with E-state index in [9.17, 15) is 14.0 Å². The van der Waals surface area contributed by atoms with Crippen molar-refractivity contribution in [3.05, 3.63) is 85.2 Å². The molecule has 0 atom stereocenters. The lowest BCUT2D eigenvalue weighted by Crippen LogP contribution is -2.28. The number of hydrogen-bond donors (Lipinski definition) is 0. The maximum atomic E-state index is 14.0. The molecule has 2 amide bonds. The standard InChI is InChI=1S/C21H12ClFINO3S/c22-16-2-1-3-17(23)15(16)11-25-20(26)19(29-21(25)27)10-14-8-9-18(28-14)12-4-6-13(24)7-5-12/h1-10H,11H2/b19-10-. The molecule has 0 radical (unpaired) electrons. The molecule has 0 aliphatic carbocycles. The molecule has 4 rings (SSSR count). The summed E-state index contributed by atoms with van der Waals surface area (Å²) in [6.45, 7) is -0.223. The van der Waals surface area contributed by atoms with Gasteiger partial charge in [-0.3, -0.25) is 14.5 Å². The van der Waals surface area contributed by atoms with Gasteiger partial charge < -0.3 is 4.42 Å². The van der Waals surface area contributed by atoms with Gasteiger partial charge in [-0.25, -0.2) is 4.39 Å². The third-order valence-electron chi connectivity index (χ3n) is 4.28. The van der Waals surface area contributed by atoms with Crippen LogP contribution in [0.4, 0.5) is 9.18 Å². The Morgan fingerprint density at radius 1 is 1.10 bits per heavy atom. The van der Waals surface area contributed by atoms with Crippen LogP contribution in [-0.4, -0.2) is 16.0 Å². The molecule has 0 saturated carbocycles. The Bertz CT molecular complexity index is 1120. The highest BCUT2D eigenvalue weighted by atomic mass is 127. The van der Waals surface area contributed by atoms with Gasteiger partial charge in [-0.05, 0) is 70.8 Å². The van der Waals surface area contributed by atoms with E-state index >= 15 is 0 Å². The Hall–Kier alpha value is -2.10. The smallest absolute Gasteiger partial charge is 0.293 e. The number of furan rings is 1. The summed E-state index contributed by atoms with van der Waals surface area (Å²) in [6, 6.07) is 15.6. The highest BCUT2D eigenvalue weighted by Gasteiger charge is 2.36. The summed E-state index contributed by atoms with van der Waals surface area (Å²) in [5.74, 6) is 0.0400. The summed E-state index contributed by atoms with van der Waals surface area (Å²) in [6.07, 6.45) is 1.52. The van der Waals surface area contributed by atoms with Crippen LogP contribution in [0, 0.1) is 9.39 Å². The number of rotatable bonds is 4. The van der Waals surface area contributed by atoms with Gasteiger partial charge in [0.2, 0.25) is 0 Å². The van der Waals surface area contributed by atoms with Crippen molar-refractivity contribution in [3.63, 3.8) is 0 Å². The number of carbonyl (C=O) groups is 2. The Balaban J connectivity index is 1.56. The molecule has 8 heteroatoms. The van der Waals surface area contributed by atoms with Gasteiger partial charge in [0.05, 0.1) is 11.4 Å². The summed E-state index contributed by atoms with van der Waals surface area (Å²) in [7, 11) is 0. The van der Waals surface area contributed by atoms with E-state index in [1.807, 2.05) is 24.3 Å². The predicted octanol–water partition coefficient (Wildman–Crippen LogP) is 6.58. The molecule has 2 heterocycles. The minimum atomic E-state index is -0.561. The van der Waals surface area contributed by atoms with Crippen LogP contribution in [0.3, 0.4) is 0 Å². The number of amides is 2. The SMILES string of the molecule is O=C1S/C(=C\c2ccc(-c3ccc(I)cc3)o2)C(=O)N1Cc1c(F)cccc1Cl. The first-order valence-electron chi connectivity index (χ1n) is 8.46. The van der Waals surface area contributed by atoms with E-state index in [0.717, 1.165) is 25.8 Å². The molecule has 1 fully saturated rings. The highest BCUT2D eigenvalue weighted by molar-refractivity contribution is 14.1. The Kier molecular flexibility index (Phi) is 5.80. The molecular weight excluding hydrogens is 528 g/mol. The van der Waals surface area contributed by atoms with Crippen molar-refractivity contribution < 1.29 is 18.4 Å². The molecule has 0 bridgehead atoms. The number of carbonyl (C=O) groups excluding carboxylic acids is 2. The van der Waals surface area contributed by atoms with Crippen LogP contribution in [0.5, 0.6) is 0 Å². The predicted molar refractivity (Wildman–Crippen MR) is 120 cm³/mol. The maximum absolute atomic E-state index is 14.0. The second kappa shape index (κ2) is 8.33. The fraction of sp³-hybridized carbons (Fsp3) is 0.0476. The van der Waals surface area contributed by atoms with Gasteiger partial charge >= 0.3 is 0 Å². The van der Waals surface area contributed by atoms with Crippen LogP contribution in [0.15, 0.2) is 63.9 Å². The van der Waals surface area contributed by atoms with Crippen molar-refractivity contribution in [1.29, 1.82) is 0 Å². The number of thioether (sulfide) groups is 1. The molecule has 29 heavy (non-hydrogen) atoms. The lowest BCUT2D eigenvalue weighted by Gasteiger charge is -2.14. The fourth-order valence-corrected chi connectivity index (χ4v) is 4.21. The minimum Gasteiger partial charge on any atom is -0.457 e. The van der Waals surface area contributed by atoms with Crippen molar-refractivity contribution in [2.45, 2.75) is 6.54 Å². The van der Waals surface area contributed by atoms with E-state index in [1.165, 1.54) is 24.3 Å². The van der Waals surface area contributed by atoms with Gasteiger partial charge in [0.15, 0.2) is 0 Å². The molecule has 146 valence electrons. The average Bonchev–Trinajstić information content (AvgIpc) is 3.25. The average molecular weight is 540 g/mol. The molecule has 1 saturated heterocycles. The molecule has 0 N–H and O–H groups in total. The first-order valence-corrected chi connectivity index (χ1v) is 10.7. The lowest BCUT2D eigenvalue weighted by molar-refractivity contribution is -0.123. The van der Waals surface area contributed by atoms with E-state index in [-0.39, 0.29) is 22.0 Å². The third kappa shape index (κ3) is 4.26. The number of hydrogen-bond acceptors (Lipinski definition) is 4. The Morgan fingerprint density at radius 2 is 1.86 bits per heavy atom. The lowest BCUT2D eigenvalue weighted by atomic mass is 10.2. The Labute approximate surface area is 188 Å². The molecule has 3 aromatic rings. The van der Waals surface area contributed by atoms with Gasteiger partial charge in [0.25, 0.3) is 11.1 Å². The number of nitrogens with zero attached hydrogens (tertiary/aromatic N) is 1. The second-order valence-corrected chi connectivity index (χ2v) is 8.82. The maximum Gasteiger partial charge on any atom is 0.293 e. The molecule has 1 aromatic heterocycles. The van der Waals surface area contributed by atoms with Gasteiger partial charge in [0, 0.05) is 25.8 Å². The Morgan fingerprint density at radius 3 is 2.59 bits per heavy atom.